The van der Waals surface area contributed by atoms with Crippen molar-refractivity contribution >= 4 is 39.1 Å². The van der Waals surface area contributed by atoms with E-state index in [1.165, 1.54) is 0 Å². The molecule has 0 saturated carbocycles. The van der Waals surface area contributed by atoms with Crippen molar-refractivity contribution in [2.75, 3.05) is 31.5 Å². The van der Waals surface area contributed by atoms with Crippen LogP contribution in [0.15, 0.2) is 114 Å². The van der Waals surface area contributed by atoms with Crippen LogP contribution in [0.2, 0.25) is 0 Å². The van der Waals surface area contributed by atoms with Gasteiger partial charge in [0.2, 0.25) is 0 Å². The van der Waals surface area contributed by atoms with E-state index < -0.39 is 0 Å². The normalized spacial score (nSPS) is 11.0. The fraction of sp³-hybridized carbons (Fsp3) is 0.111. The van der Waals surface area contributed by atoms with Crippen molar-refractivity contribution in [1.29, 1.82) is 0 Å². The lowest BCUT2D eigenvalue weighted by atomic mass is 10.0. The molecule has 7 nitrogen and oxygen atoms in total. The van der Waals surface area contributed by atoms with Gasteiger partial charge < -0.3 is 24.7 Å². The zero-order chi connectivity index (χ0) is 29.9. The average molecular weight is 570 g/mol. The highest BCUT2D eigenvalue weighted by atomic mass is 16.5. The van der Waals surface area contributed by atoms with Crippen LogP contribution in [0.1, 0.15) is 15.9 Å². The number of para-hydroxylation sites is 2. The molecule has 0 bridgehead atoms. The Hall–Kier alpha value is -5.56. The van der Waals surface area contributed by atoms with Crippen molar-refractivity contribution in [3.8, 4) is 22.6 Å². The van der Waals surface area contributed by atoms with Crippen molar-refractivity contribution in [2.45, 2.75) is 6.54 Å². The molecule has 0 radical (unpaired) electrons. The monoisotopic (exact) mass is 569 g/mol. The van der Waals surface area contributed by atoms with Crippen molar-refractivity contribution in [1.82, 2.24) is 4.98 Å². The maximum Gasteiger partial charge on any atom is 0.257 e. The highest BCUT2D eigenvalue weighted by Crippen LogP contribution is 2.30. The van der Waals surface area contributed by atoms with Gasteiger partial charge in [-0.05, 0) is 77.4 Å². The lowest BCUT2D eigenvalue weighted by molar-refractivity contribution is 0.102. The van der Waals surface area contributed by atoms with Crippen molar-refractivity contribution in [3.05, 3.63) is 131 Å². The molecule has 5 aromatic carbocycles. The van der Waals surface area contributed by atoms with Gasteiger partial charge in [0.15, 0.2) is 16.9 Å². The van der Waals surface area contributed by atoms with E-state index in [2.05, 4.69) is 40.4 Å². The third-order valence-electron chi connectivity index (χ3n) is 7.62. The number of benzene rings is 5. The zero-order valence-electron chi connectivity index (χ0n) is 24.2. The van der Waals surface area contributed by atoms with Gasteiger partial charge in [-0.25, -0.2) is 0 Å². The molecule has 6 aromatic rings. The van der Waals surface area contributed by atoms with Crippen LogP contribution in [0.3, 0.4) is 0 Å². The first-order valence-corrected chi connectivity index (χ1v) is 13.9. The Morgan fingerprint density at radius 3 is 2.30 bits per heavy atom. The molecular formula is C36H31N3O4. The number of hydrogen-bond donors (Lipinski definition) is 2. The first-order valence-electron chi connectivity index (χ1n) is 13.9. The number of ether oxygens (including phenoxy) is 2. The number of methoxy groups -OCH3 is 2. The molecular weight excluding hydrogens is 538 g/mol. The number of rotatable bonds is 8. The Labute approximate surface area is 249 Å². The van der Waals surface area contributed by atoms with Crippen LogP contribution in [0.4, 0.5) is 11.4 Å². The number of amides is 1. The minimum atomic E-state index is -0.289. The molecule has 7 heteroatoms. The number of nitrogens with zero attached hydrogens (tertiary/aromatic N) is 1. The lowest BCUT2D eigenvalue weighted by Crippen LogP contribution is -2.16. The first-order chi connectivity index (χ1) is 20.9. The molecule has 0 saturated heterocycles. The topological polar surface area (TPSA) is 83.7 Å². The Morgan fingerprint density at radius 1 is 0.767 bits per heavy atom. The van der Waals surface area contributed by atoms with Crippen LogP contribution in [-0.2, 0) is 6.54 Å². The summed E-state index contributed by atoms with van der Waals surface area (Å²) in [7, 11) is 5.32. The van der Waals surface area contributed by atoms with Gasteiger partial charge >= 0.3 is 0 Å². The number of hydrogen-bond acceptors (Lipinski definition) is 5. The summed E-state index contributed by atoms with van der Waals surface area (Å²) in [5, 5.41) is 4.06. The number of nitrogens with one attached hydrogen (secondary N) is 2. The quantitative estimate of drug-likeness (QED) is 0.189. The summed E-state index contributed by atoms with van der Waals surface area (Å²) in [5.41, 5.74) is 6.46. The largest absolute Gasteiger partial charge is 0.493 e. The Morgan fingerprint density at radius 2 is 1.51 bits per heavy atom. The second kappa shape index (κ2) is 11.7. The van der Waals surface area contributed by atoms with Gasteiger partial charge in [-0.1, -0.05) is 48.5 Å². The molecule has 43 heavy (non-hydrogen) atoms. The van der Waals surface area contributed by atoms with Gasteiger partial charge in [0.05, 0.1) is 25.3 Å². The number of carbonyl (C=O) groups is 1. The summed E-state index contributed by atoms with van der Waals surface area (Å²) < 4.78 is 10.8. The van der Waals surface area contributed by atoms with Gasteiger partial charge in [0.25, 0.3) is 5.91 Å². The Balaban J connectivity index is 1.19. The summed E-state index contributed by atoms with van der Waals surface area (Å²) in [6.07, 6.45) is 0. The van der Waals surface area contributed by atoms with E-state index >= 15 is 0 Å². The number of aromatic amines is 1. The molecule has 0 aliphatic rings. The van der Waals surface area contributed by atoms with Crippen molar-refractivity contribution < 1.29 is 14.3 Å². The Bertz CT molecular complexity index is 2010. The summed E-state index contributed by atoms with van der Waals surface area (Å²) in [4.78, 5) is 31.8. The predicted molar refractivity (Wildman–Crippen MR) is 174 cm³/mol. The first kappa shape index (κ1) is 27.6. The average Bonchev–Trinajstić information content (AvgIpc) is 3.05. The number of fused-ring (bicyclic) bond motifs is 2. The zero-order valence-corrected chi connectivity index (χ0v) is 24.2. The summed E-state index contributed by atoms with van der Waals surface area (Å²) in [6, 6.07) is 34.5. The second-order valence-electron chi connectivity index (χ2n) is 10.4. The molecule has 1 aromatic heterocycles. The van der Waals surface area contributed by atoms with Gasteiger partial charge in [0, 0.05) is 41.3 Å². The molecule has 0 fully saturated rings. The van der Waals surface area contributed by atoms with Gasteiger partial charge in [-0.3, -0.25) is 9.59 Å². The molecule has 1 amide bonds. The standard InChI is InChI=1S/C36H31N3O4/c1-39(22-23-14-19-32(42-2)33(20-23)43-3)27-9-6-8-25(21-27)24-15-17-26(18-16-24)37-36(41)30-12-7-11-29-34(30)38-31-13-5-4-10-28(31)35(29)40/h4-21H,22H2,1-3H3,(H,37,41)(H,38,40). The van der Waals surface area contributed by atoms with E-state index in [0.717, 1.165) is 22.4 Å². The molecule has 0 spiro atoms. The van der Waals surface area contributed by atoms with Crippen molar-refractivity contribution in [2.24, 2.45) is 0 Å². The third kappa shape index (κ3) is 5.53. The van der Waals surface area contributed by atoms with Crippen LogP contribution in [0.25, 0.3) is 32.9 Å². The number of carbonyl (C=O) groups excluding carboxylic acids is 1. The van der Waals surface area contributed by atoms with Gasteiger partial charge in [0.1, 0.15) is 0 Å². The molecule has 0 aliphatic heterocycles. The second-order valence-corrected chi connectivity index (χ2v) is 10.4. The highest BCUT2D eigenvalue weighted by Gasteiger charge is 2.15. The minimum absolute atomic E-state index is 0.0973. The van der Waals surface area contributed by atoms with Crippen LogP contribution >= 0.6 is 0 Å². The number of pyridine rings is 1. The lowest BCUT2D eigenvalue weighted by Gasteiger charge is -2.21. The van der Waals surface area contributed by atoms with E-state index in [9.17, 15) is 9.59 Å². The summed E-state index contributed by atoms with van der Waals surface area (Å²) in [5.74, 6) is 1.12. The van der Waals surface area contributed by atoms with E-state index in [1.807, 2.05) is 66.7 Å². The molecule has 6 rings (SSSR count). The molecule has 1 heterocycles. The summed E-state index contributed by atoms with van der Waals surface area (Å²) in [6.45, 7) is 0.698. The molecule has 0 unspecified atom stereocenters. The van der Waals surface area contributed by atoms with Gasteiger partial charge in [-0.15, -0.1) is 0 Å². The fourth-order valence-corrected chi connectivity index (χ4v) is 5.35. The Kier molecular flexibility index (Phi) is 7.54. The van der Waals surface area contributed by atoms with Crippen molar-refractivity contribution in [3.63, 3.8) is 0 Å². The molecule has 214 valence electrons. The molecule has 2 N–H and O–H groups in total. The van der Waals surface area contributed by atoms with Gasteiger partial charge in [-0.2, -0.15) is 0 Å². The van der Waals surface area contributed by atoms with E-state index in [0.29, 0.717) is 51.1 Å². The maximum atomic E-state index is 13.3. The van der Waals surface area contributed by atoms with Crippen LogP contribution in [0.5, 0.6) is 11.5 Å². The third-order valence-corrected chi connectivity index (χ3v) is 7.62. The van der Waals surface area contributed by atoms with E-state index in [4.69, 9.17) is 9.47 Å². The number of anilines is 2. The van der Waals surface area contributed by atoms with Crippen LogP contribution in [-0.4, -0.2) is 32.2 Å². The predicted octanol–water partition coefficient (Wildman–Crippen LogP) is 7.25. The molecule has 0 aliphatic carbocycles. The number of H-pyrrole nitrogens is 1. The summed E-state index contributed by atoms with van der Waals surface area (Å²) >= 11 is 0. The highest BCUT2D eigenvalue weighted by molar-refractivity contribution is 6.13. The maximum absolute atomic E-state index is 13.3. The van der Waals surface area contributed by atoms with E-state index in [-0.39, 0.29) is 11.3 Å². The SMILES string of the molecule is COc1ccc(CN(C)c2cccc(-c3ccc(NC(=O)c4cccc5c(=O)c6ccccc6[nH]c45)cc3)c2)cc1OC. The van der Waals surface area contributed by atoms with Crippen LogP contribution < -0.4 is 25.1 Å². The number of aromatic nitrogens is 1. The smallest absolute Gasteiger partial charge is 0.257 e. The fourth-order valence-electron chi connectivity index (χ4n) is 5.35. The molecule has 0 atom stereocenters. The minimum Gasteiger partial charge on any atom is -0.493 e. The van der Waals surface area contributed by atoms with Crippen LogP contribution in [0, 0.1) is 0 Å². The van der Waals surface area contributed by atoms with E-state index in [1.54, 1.807) is 38.5 Å².